The number of rotatable bonds is 6. The lowest BCUT2D eigenvalue weighted by atomic mass is 10.2. The molecule has 2 rings (SSSR count). The molecule has 0 fully saturated rings. The molecule has 6 heteroatoms. The molecular formula is C18H15Cl2N3O. The maximum Gasteiger partial charge on any atom is 0.263 e. The van der Waals surface area contributed by atoms with Gasteiger partial charge in [0.15, 0.2) is 0 Å². The lowest BCUT2D eigenvalue weighted by molar-refractivity contribution is -0.117. The molecule has 0 saturated heterocycles. The van der Waals surface area contributed by atoms with Crippen LogP contribution in [0.2, 0.25) is 10.0 Å². The summed E-state index contributed by atoms with van der Waals surface area (Å²) in [5, 5.41) is 16.1. The van der Waals surface area contributed by atoms with E-state index in [0.717, 1.165) is 11.1 Å². The third kappa shape index (κ3) is 5.62. The Kier molecular flexibility index (Phi) is 6.68. The van der Waals surface area contributed by atoms with E-state index in [-0.39, 0.29) is 5.57 Å². The maximum absolute atomic E-state index is 12.0. The van der Waals surface area contributed by atoms with Crippen LogP contribution in [0.4, 0.5) is 0 Å². The number of benzene rings is 2. The molecule has 0 spiro atoms. The van der Waals surface area contributed by atoms with Crippen LogP contribution in [0.25, 0.3) is 0 Å². The average Bonchev–Trinajstić information content (AvgIpc) is 2.59. The first-order valence-corrected chi connectivity index (χ1v) is 7.95. The van der Waals surface area contributed by atoms with Gasteiger partial charge in [0.25, 0.3) is 5.91 Å². The van der Waals surface area contributed by atoms with Crippen molar-refractivity contribution < 1.29 is 4.79 Å². The van der Waals surface area contributed by atoms with Crippen LogP contribution in [0.3, 0.4) is 0 Å². The highest BCUT2D eigenvalue weighted by Gasteiger charge is 2.08. The summed E-state index contributed by atoms with van der Waals surface area (Å²) in [6.07, 6.45) is 1.41. The molecular weight excluding hydrogens is 345 g/mol. The normalized spacial score (nSPS) is 10.8. The largest absolute Gasteiger partial charge is 0.386 e. The summed E-state index contributed by atoms with van der Waals surface area (Å²) >= 11 is 11.6. The third-order valence-electron chi connectivity index (χ3n) is 3.20. The van der Waals surface area contributed by atoms with Gasteiger partial charge in [-0.2, -0.15) is 5.26 Å². The smallest absolute Gasteiger partial charge is 0.263 e. The first-order valence-electron chi connectivity index (χ1n) is 7.19. The summed E-state index contributed by atoms with van der Waals surface area (Å²) in [6.45, 7) is 0.818. The monoisotopic (exact) mass is 359 g/mol. The van der Waals surface area contributed by atoms with Gasteiger partial charge >= 0.3 is 0 Å². The van der Waals surface area contributed by atoms with E-state index in [9.17, 15) is 4.79 Å². The molecule has 0 atom stereocenters. The molecule has 4 nitrogen and oxygen atoms in total. The Balaban J connectivity index is 1.87. The van der Waals surface area contributed by atoms with Gasteiger partial charge < -0.3 is 10.6 Å². The molecule has 2 N–H and O–H groups in total. The Morgan fingerprint density at radius 3 is 1.96 bits per heavy atom. The van der Waals surface area contributed by atoms with Crippen LogP contribution in [-0.4, -0.2) is 5.91 Å². The summed E-state index contributed by atoms with van der Waals surface area (Å²) in [5.74, 6) is -0.434. The number of amides is 1. The molecule has 122 valence electrons. The van der Waals surface area contributed by atoms with Crippen molar-refractivity contribution in [1.29, 1.82) is 5.26 Å². The van der Waals surface area contributed by atoms with Crippen LogP contribution < -0.4 is 10.6 Å². The Labute approximate surface area is 150 Å². The summed E-state index contributed by atoms with van der Waals surface area (Å²) in [5.41, 5.74) is 1.91. The highest BCUT2D eigenvalue weighted by Crippen LogP contribution is 2.10. The van der Waals surface area contributed by atoms with E-state index >= 15 is 0 Å². The number of nitrogens with zero attached hydrogens (tertiary/aromatic N) is 1. The second kappa shape index (κ2) is 8.97. The number of nitrogens with one attached hydrogen (secondary N) is 2. The van der Waals surface area contributed by atoms with Crippen LogP contribution in [0.1, 0.15) is 11.1 Å². The lowest BCUT2D eigenvalue weighted by Crippen LogP contribution is -2.25. The number of carbonyl (C=O) groups excluding carboxylic acids is 1. The van der Waals surface area contributed by atoms with Gasteiger partial charge in [0, 0.05) is 29.3 Å². The number of carbonyl (C=O) groups is 1. The van der Waals surface area contributed by atoms with Crippen molar-refractivity contribution in [3.63, 3.8) is 0 Å². The summed E-state index contributed by atoms with van der Waals surface area (Å²) in [4.78, 5) is 12.0. The first kappa shape index (κ1) is 17.9. The molecule has 0 saturated carbocycles. The van der Waals surface area contributed by atoms with Gasteiger partial charge in [-0.3, -0.25) is 4.79 Å². The van der Waals surface area contributed by atoms with Crippen molar-refractivity contribution in [2.45, 2.75) is 13.1 Å². The zero-order valence-corrected chi connectivity index (χ0v) is 14.2. The summed E-state index contributed by atoms with van der Waals surface area (Å²) in [7, 11) is 0. The molecule has 0 radical (unpaired) electrons. The molecule has 1 amide bonds. The van der Waals surface area contributed by atoms with Crippen molar-refractivity contribution in [2.75, 3.05) is 0 Å². The van der Waals surface area contributed by atoms with Crippen molar-refractivity contribution in [2.24, 2.45) is 0 Å². The quantitative estimate of drug-likeness (QED) is 0.608. The van der Waals surface area contributed by atoms with E-state index in [2.05, 4.69) is 10.6 Å². The topological polar surface area (TPSA) is 64.9 Å². The molecule has 0 aliphatic heterocycles. The molecule has 0 bridgehead atoms. The Hall–Kier alpha value is -2.48. The molecule has 0 unspecified atom stereocenters. The standard InChI is InChI=1S/C18H15Cl2N3O/c19-16-5-1-13(2-6-16)10-22-12-15(9-21)18(24)23-11-14-3-7-17(20)8-4-14/h1-8,12,22H,10-11H2,(H,23,24)/b15-12-. The fraction of sp³-hybridized carbons (Fsp3) is 0.111. The molecule has 0 aromatic heterocycles. The van der Waals surface area contributed by atoms with E-state index in [1.54, 1.807) is 24.3 Å². The Bertz CT molecular complexity index is 762. The molecule has 0 heterocycles. The van der Waals surface area contributed by atoms with Crippen molar-refractivity contribution in [3.8, 4) is 6.07 Å². The van der Waals surface area contributed by atoms with E-state index in [1.165, 1.54) is 6.20 Å². The molecule has 0 aliphatic rings. The first-order chi connectivity index (χ1) is 11.6. The molecule has 2 aromatic rings. The van der Waals surface area contributed by atoms with Gasteiger partial charge in [0.05, 0.1) is 0 Å². The predicted octanol–water partition coefficient (Wildman–Crippen LogP) is 3.81. The highest BCUT2D eigenvalue weighted by atomic mass is 35.5. The minimum atomic E-state index is -0.434. The number of halogens is 2. The SMILES string of the molecule is N#C/C(=C/NCc1ccc(Cl)cc1)C(=O)NCc1ccc(Cl)cc1. The zero-order chi connectivity index (χ0) is 17.4. The van der Waals surface area contributed by atoms with Crippen LogP contribution in [0.5, 0.6) is 0 Å². The van der Waals surface area contributed by atoms with Crippen LogP contribution in [0.15, 0.2) is 60.3 Å². The second-order valence-corrected chi connectivity index (χ2v) is 5.86. The van der Waals surface area contributed by atoms with Gasteiger partial charge in [0.2, 0.25) is 0 Å². The van der Waals surface area contributed by atoms with E-state index in [4.69, 9.17) is 28.5 Å². The number of hydrogen-bond donors (Lipinski definition) is 2. The summed E-state index contributed by atoms with van der Waals surface area (Å²) < 4.78 is 0. The van der Waals surface area contributed by atoms with Crippen LogP contribution in [0, 0.1) is 11.3 Å². The minimum absolute atomic E-state index is 0.0120. The van der Waals surface area contributed by atoms with Crippen molar-refractivity contribution in [3.05, 3.63) is 81.5 Å². The average molecular weight is 360 g/mol. The van der Waals surface area contributed by atoms with Gasteiger partial charge in [-0.25, -0.2) is 0 Å². The van der Waals surface area contributed by atoms with E-state index < -0.39 is 5.91 Å². The van der Waals surface area contributed by atoms with Crippen LogP contribution >= 0.6 is 23.2 Å². The highest BCUT2D eigenvalue weighted by molar-refractivity contribution is 6.30. The predicted molar refractivity (Wildman–Crippen MR) is 95.3 cm³/mol. The van der Waals surface area contributed by atoms with Crippen molar-refractivity contribution in [1.82, 2.24) is 10.6 Å². The van der Waals surface area contributed by atoms with Gasteiger partial charge in [-0.1, -0.05) is 47.5 Å². The van der Waals surface area contributed by atoms with Gasteiger partial charge in [-0.05, 0) is 35.4 Å². The maximum atomic E-state index is 12.0. The third-order valence-corrected chi connectivity index (χ3v) is 3.70. The van der Waals surface area contributed by atoms with E-state index in [1.807, 2.05) is 30.3 Å². The molecule has 0 aliphatic carbocycles. The Morgan fingerprint density at radius 2 is 1.46 bits per heavy atom. The fourth-order valence-corrected chi connectivity index (χ4v) is 2.15. The lowest BCUT2D eigenvalue weighted by Gasteiger charge is -2.06. The van der Waals surface area contributed by atoms with Gasteiger partial charge in [0.1, 0.15) is 11.6 Å². The Morgan fingerprint density at radius 1 is 0.958 bits per heavy atom. The van der Waals surface area contributed by atoms with Crippen LogP contribution in [-0.2, 0) is 17.9 Å². The van der Waals surface area contributed by atoms with Gasteiger partial charge in [-0.15, -0.1) is 0 Å². The molecule has 24 heavy (non-hydrogen) atoms. The van der Waals surface area contributed by atoms with Crippen molar-refractivity contribution >= 4 is 29.1 Å². The molecule has 2 aromatic carbocycles. The summed E-state index contributed by atoms with van der Waals surface area (Å²) in [6, 6.07) is 16.3. The second-order valence-electron chi connectivity index (χ2n) is 4.99. The number of hydrogen-bond acceptors (Lipinski definition) is 3. The fourth-order valence-electron chi connectivity index (χ4n) is 1.90. The minimum Gasteiger partial charge on any atom is -0.386 e. The van der Waals surface area contributed by atoms with E-state index in [0.29, 0.717) is 23.1 Å². The number of nitriles is 1. The zero-order valence-electron chi connectivity index (χ0n) is 12.7.